The van der Waals surface area contributed by atoms with Crippen molar-refractivity contribution in [2.45, 2.75) is 97.1 Å². The van der Waals surface area contributed by atoms with Crippen molar-refractivity contribution in [1.29, 1.82) is 0 Å². The molecule has 2 N–H and O–H groups in total. The van der Waals surface area contributed by atoms with Crippen molar-refractivity contribution in [3.8, 4) is 0 Å². The minimum Gasteiger partial charge on any atom is -0.444 e. The van der Waals surface area contributed by atoms with Gasteiger partial charge in [0.1, 0.15) is 11.3 Å². The van der Waals surface area contributed by atoms with E-state index in [1.807, 2.05) is 20.8 Å². The molecule has 1 fully saturated rings. The van der Waals surface area contributed by atoms with Gasteiger partial charge in [-0.05, 0) is 59.3 Å². The first-order valence-corrected chi connectivity index (χ1v) is 12.4. The molecule has 0 aromatic carbocycles. The Morgan fingerprint density at radius 2 is 2.03 bits per heavy atom. The molecule has 1 saturated heterocycles. The molecule has 32 heavy (non-hydrogen) atoms. The van der Waals surface area contributed by atoms with E-state index in [0.29, 0.717) is 19.1 Å². The summed E-state index contributed by atoms with van der Waals surface area (Å²) in [6.07, 6.45) is 6.54. The van der Waals surface area contributed by atoms with Crippen LogP contribution in [0, 0.1) is 0 Å². The first-order valence-electron chi connectivity index (χ1n) is 12.4. The maximum Gasteiger partial charge on any atom is 0.410 e. The van der Waals surface area contributed by atoms with Crippen LogP contribution in [0.4, 0.5) is 4.79 Å². The lowest BCUT2D eigenvalue weighted by Gasteiger charge is -2.31. The Balaban J connectivity index is 1.61. The van der Waals surface area contributed by atoms with Crippen LogP contribution in [0.15, 0.2) is 0 Å². The predicted octanol–water partition coefficient (Wildman–Crippen LogP) is 3.08. The van der Waals surface area contributed by atoms with Crippen molar-refractivity contribution < 1.29 is 14.6 Å². The molecule has 1 aromatic heterocycles. The first kappa shape index (κ1) is 25.0. The van der Waals surface area contributed by atoms with Crippen LogP contribution in [0.2, 0.25) is 0 Å². The van der Waals surface area contributed by atoms with E-state index in [-0.39, 0.29) is 6.09 Å². The lowest BCUT2D eigenvalue weighted by atomic mass is 9.90. The third-order valence-corrected chi connectivity index (χ3v) is 6.38. The highest BCUT2D eigenvalue weighted by Gasteiger charge is 2.31. The maximum absolute atomic E-state index is 12.2. The molecule has 1 aliphatic carbocycles. The van der Waals surface area contributed by atoms with Gasteiger partial charge in [-0.2, -0.15) is 5.10 Å². The average molecular weight is 450 g/mol. The van der Waals surface area contributed by atoms with E-state index >= 15 is 0 Å². The van der Waals surface area contributed by atoms with Gasteiger partial charge >= 0.3 is 6.09 Å². The number of carbonyl (C=O) groups is 1. The van der Waals surface area contributed by atoms with Crippen LogP contribution in [0.5, 0.6) is 0 Å². The monoisotopic (exact) mass is 449 g/mol. The lowest BCUT2D eigenvalue weighted by molar-refractivity contribution is -0.0139. The molecule has 2 atom stereocenters. The molecule has 0 spiro atoms. The van der Waals surface area contributed by atoms with Gasteiger partial charge in [0.25, 0.3) is 0 Å². The van der Waals surface area contributed by atoms with Crippen LogP contribution in [0.25, 0.3) is 0 Å². The summed E-state index contributed by atoms with van der Waals surface area (Å²) in [4.78, 5) is 16.0. The molecule has 3 rings (SSSR count). The number of hydrogen-bond acceptors (Lipinski definition) is 6. The summed E-state index contributed by atoms with van der Waals surface area (Å²) >= 11 is 0. The second kappa shape index (κ2) is 11.0. The average Bonchev–Trinajstić information content (AvgIpc) is 3.10. The fraction of sp³-hybridized carbons (Fsp3) is 0.833. The number of aliphatic hydroxyl groups excluding tert-OH is 1. The molecule has 8 nitrogen and oxygen atoms in total. The highest BCUT2D eigenvalue weighted by atomic mass is 16.6. The summed E-state index contributed by atoms with van der Waals surface area (Å²) in [6.45, 7) is 11.9. The standard InChI is InChI=1S/C24H43N5O3/c1-6-13-29-20-11-10-18(25-12-16-27(5)23(31)32-24(2,3)4)17-19(20)21(26-29)22(30)28-14-8-7-9-15-28/h18,22,25,30H,6-17H2,1-5H3. The molecule has 2 heterocycles. The van der Waals surface area contributed by atoms with Gasteiger partial charge in [-0.3, -0.25) is 9.58 Å². The van der Waals surface area contributed by atoms with Crippen molar-refractivity contribution in [2.24, 2.45) is 0 Å². The molecule has 0 bridgehead atoms. The molecule has 0 radical (unpaired) electrons. The minimum absolute atomic E-state index is 0.294. The van der Waals surface area contributed by atoms with Crippen LogP contribution < -0.4 is 5.32 Å². The number of likely N-dealkylation sites (N-methyl/N-ethyl adjacent to an activating group) is 1. The predicted molar refractivity (Wildman–Crippen MR) is 126 cm³/mol. The maximum atomic E-state index is 12.2. The number of nitrogens with one attached hydrogen (secondary N) is 1. The molecule has 1 aliphatic heterocycles. The summed E-state index contributed by atoms with van der Waals surface area (Å²) in [7, 11) is 1.77. The quantitative estimate of drug-likeness (QED) is 0.635. The number of aromatic nitrogens is 2. The third kappa shape index (κ3) is 6.45. The first-order chi connectivity index (χ1) is 15.2. The Hall–Kier alpha value is -1.64. The number of hydrogen-bond donors (Lipinski definition) is 2. The van der Waals surface area contributed by atoms with Gasteiger partial charge in [-0.25, -0.2) is 4.79 Å². The number of carbonyl (C=O) groups excluding carboxylic acids is 1. The minimum atomic E-state index is -0.612. The van der Waals surface area contributed by atoms with E-state index in [9.17, 15) is 9.90 Å². The van der Waals surface area contributed by atoms with Crippen molar-refractivity contribution in [3.63, 3.8) is 0 Å². The van der Waals surface area contributed by atoms with Crippen LogP contribution >= 0.6 is 0 Å². The summed E-state index contributed by atoms with van der Waals surface area (Å²) < 4.78 is 7.56. The van der Waals surface area contributed by atoms with E-state index in [0.717, 1.165) is 63.9 Å². The molecule has 8 heteroatoms. The van der Waals surface area contributed by atoms with E-state index in [1.165, 1.54) is 17.7 Å². The SMILES string of the molecule is CCCn1nc(C(O)N2CCCCC2)c2c1CCC(NCCN(C)C(=O)OC(C)(C)C)C2. The molecule has 2 aliphatic rings. The number of rotatable bonds is 8. The van der Waals surface area contributed by atoms with Crippen molar-refractivity contribution in [2.75, 3.05) is 33.2 Å². The van der Waals surface area contributed by atoms with E-state index in [4.69, 9.17) is 9.84 Å². The van der Waals surface area contributed by atoms with Crippen LogP contribution in [0.3, 0.4) is 0 Å². The fourth-order valence-corrected chi connectivity index (χ4v) is 4.70. The van der Waals surface area contributed by atoms with E-state index in [2.05, 4.69) is 21.8 Å². The zero-order valence-corrected chi connectivity index (χ0v) is 20.7. The summed E-state index contributed by atoms with van der Waals surface area (Å²) in [5.74, 6) is 0. The molecule has 1 aromatic rings. The number of nitrogens with zero attached hydrogens (tertiary/aromatic N) is 4. The Labute approximate surface area is 193 Å². The van der Waals surface area contributed by atoms with E-state index < -0.39 is 11.8 Å². The number of aliphatic hydroxyl groups is 1. The van der Waals surface area contributed by atoms with Gasteiger partial charge in [0, 0.05) is 57.1 Å². The molecule has 2 unspecified atom stereocenters. The number of amides is 1. The van der Waals surface area contributed by atoms with Gasteiger partial charge in [-0.1, -0.05) is 13.3 Å². The molecular weight excluding hydrogens is 406 g/mol. The summed E-state index contributed by atoms with van der Waals surface area (Å²) in [5, 5.41) is 19.6. The fourth-order valence-electron chi connectivity index (χ4n) is 4.70. The number of piperidine rings is 1. The highest BCUT2D eigenvalue weighted by Crippen LogP contribution is 2.31. The highest BCUT2D eigenvalue weighted by molar-refractivity contribution is 5.67. The summed E-state index contributed by atoms with van der Waals surface area (Å²) in [6, 6.07) is 0.320. The second-order valence-electron chi connectivity index (χ2n) is 10.3. The van der Waals surface area contributed by atoms with Crippen LogP contribution in [-0.4, -0.2) is 75.6 Å². The topological polar surface area (TPSA) is 82.9 Å². The largest absolute Gasteiger partial charge is 0.444 e. The molecular formula is C24H43N5O3. The number of fused-ring (bicyclic) bond motifs is 1. The van der Waals surface area contributed by atoms with Gasteiger partial charge < -0.3 is 20.1 Å². The van der Waals surface area contributed by atoms with Gasteiger partial charge in [0.05, 0.1) is 0 Å². The Morgan fingerprint density at radius 1 is 1.31 bits per heavy atom. The van der Waals surface area contributed by atoms with Gasteiger partial charge in [0.15, 0.2) is 6.23 Å². The smallest absolute Gasteiger partial charge is 0.410 e. The second-order valence-corrected chi connectivity index (χ2v) is 10.3. The summed E-state index contributed by atoms with van der Waals surface area (Å²) in [5.41, 5.74) is 2.89. The van der Waals surface area contributed by atoms with Gasteiger partial charge in [0.2, 0.25) is 0 Å². The zero-order chi connectivity index (χ0) is 23.3. The van der Waals surface area contributed by atoms with E-state index in [1.54, 1.807) is 11.9 Å². The van der Waals surface area contributed by atoms with Crippen molar-refractivity contribution in [3.05, 3.63) is 17.0 Å². The Morgan fingerprint density at radius 3 is 2.69 bits per heavy atom. The van der Waals surface area contributed by atoms with Crippen molar-refractivity contribution in [1.82, 2.24) is 24.9 Å². The molecule has 1 amide bonds. The zero-order valence-electron chi connectivity index (χ0n) is 20.7. The lowest BCUT2D eigenvalue weighted by Crippen LogP contribution is -2.42. The number of ether oxygens (including phenoxy) is 1. The Kier molecular flexibility index (Phi) is 8.58. The van der Waals surface area contributed by atoms with Crippen LogP contribution in [-0.2, 0) is 24.1 Å². The Bertz CT molecular complexity index is 752. The number of aryl methyl sites for hydroxylation is 1. The normalized spacial score (nSPS) is 20.6. The third-order valence-electron chi connectivity index (χ3n) is 6.38. The molecule has 0 saturated carbocycles. The van der Waals surface area contributed by atoms with Gasteiger partial charge in [-0.15, -0.1) is 0 Å². The van der Waals surface area contributed by atoms with Crippen LogP contribution in [0.1, 0.15) is 83.0 Å². The number of likely N-dealkylation sites (tertiary alicyclic amines) is 1. The molecule has 182 valence electrons. The van der Waals surface area contributed by atoms with Crippen molar-refractivity contribution >= 4 is 6.09 Å².